The number of aryl methyl sites for hydroxylation is 1. The molecule has 3 aromatic rings. The molecule has 0 radical (unpaired) electrons. The van der Waals surface area contributed by atoms with Gasteiger partial charge in [-0.3, -0.25) is 14.5 Å². The van der Waals surface area contributed by atoms with Crippen molar-refractivity contribution in [2.75, 3.05) is 11.5 Å². The molecule has 1 atom stereocenters. The number of benzene rings is 3. The Morgan fingerprint density at radius 1 is 1.06 bits per heavy atom. The summed E-state index contributed by atoms with van der Waals surface area (Å²) in [5, 5.41) is 21.3. The zero-order valence-corrected chi connectivity index (χ0v) is 18.8. The quantitative estimate of drug-likeness (QED) is 0.301. The molecular formula is C26H22ClNO5. The van der Waals surface area contributed by atoms with Gasteiger partial charge in [0, 0.05) is 11.3 Å². The Labute approximate surface area is 196 Å². The van der Waals surface area contributed by atoms with Crippen LogP contribution in [0.3, 0.4) is 0 Å². The number of ether oxygens (including phenoxy) is 1. The number of hydrogen-bond acceptors (Lipinski definition) is 5. The fraction of sp³-hybridized carbons (Fsp3) is 0.154. The number of rotatable bonds is 5. The first-order chi connectivity index (χ1) is 15.8. The fourth-order valence-corrected chi connectivity index (χ4v) is 4.09. The minimum Gasteiger partial charge on any atom is -0.508 e. The van der Waals surface area contributed by atoms with Gasteiger partial charge in [0.05, 0.1) is 23.2 Å². The Morgan fingerprint density at radius 2 is 1.79 bits per heavy atom. The van der Waals surface area contributed by atoms with Gasteiger partial charge in [-0.15, -0.1) is 0 Å². The van der Waals surface area contributed by atoms with E-state index in [0.29, 0.717) is 34.2 Å². The molecule has 1 amide bonds. The van der Waals surface area contributed by atoms with E-state index < -0.39 is 17.7 Å². The lowest BCUT2D eigenvalue weighted by Crippen LogP contribution is -2.29. The molecule has 1 heterocycles. The third kappa shape index (κ3) is 4.17. The number of carbonyl (C=O) groups is 2. The zero-order valence-electron chi connectivity index (χ0n) is 18.1. The number of aromatic hydroxyl groups is 1. The van der Waals surface area contributed by atoms with E-state index in [1.165, 1.54) is 23.1 Å². The minimum absolute atomic E-state index is 0.0466. The van der Waals surface area contributed by atoms with Crippen LogP contribution < -0.4 is 9.64 Å². The third-order valence-electron chi connectivity index (χ3n) is 5.44. The molecule has 7 heteroatoms. The molecule has 33 heavy (non-hydrogen) atoms. The van der Waals surface area contributed by atoms with Gasteiger partial charge in [-0.2, -0.15) is 0 Å². The Hall–Kier alpha value is -3.77. The van der Waals surface area contributed by atoms with Crippen molar-refractivity contribution in [3.05, 3.63) is 94.0 Å². The highest BCUT2D eigenvalue weighted by Crippen LogP contribution is 2.43. The molecule has 1 aliphatic rings. The van der Waals surface area contributed by atoms with Gasteiger partial charge < -0.3 is 14.9 Å². The molecule has 2 N–H and O–H groups in total. The Kier molecular flexibility index (Phi) is 6.11. The summed E-state index contributed by atoms with van der Waals surface area (Å²) in [6.45, 7) is 4.06. The number of amides is 1. The van der Waals surface area contributed by atoms with Gasteiger partial charge in [0.1, 0.15) is 17.3 Å². The number of aliphatic hydroxyl groups excluding tert-OH is 1. The molecule has 0 aromatic heterocycles. The Morgan fingerprint density at radius 3 is 2.45 bits per heavy atom. The molecule has 1 unspecified atom stereocenters. The molecule has 3 aromatic carbocycles. The average molecular weight is 464 g/mol. The van der Waals surface area contributed by atoms with Gasteiger partial charge in [0.2, 0.25) is 0 Å². The SMILES string of the molecule is CCOc1cc(/C(O)=C2/C(=O)C(=O)N(c3cccc(C)c3)C2c2ccc(O)cc2)ccc1Cl. The molecule has 1 fully saturated rings. The maximum atomic E-state index is 13.2. The molecule has 1 aliphatic heterocycles. The van der Waals surface area contributed by atoms with Gasteiger partial charge in [-0.1, -0.05) is 35.9 Å². The number of phenolic OH excluding ortho intramolecular Hbond substituents is 1. The predicted octanol–water partition coefficient (Wildman–Crippen LogP) is 5.38. The zero-order chi connectivity index (χ0) is 23.7. The summed E-state index contributed by atoms with van der Waals surface area (Å²) in [6, 6.07) is 17.2. The minimum atomic E-state index is -0.890. The molecule has 168 valence electrons. The van der Waals surface area contributed by atoms with Gasteiger partial charge >= 0.3 is 0 Å². The Bertz CT molecular complexity index is 1270. The van der Waals surface area contributed by atoms with Crippen molar-refractivity contribution in [1.82, 2.24) is 0 Å². The molecule has 0 spiro atoms. The largest absolute Gasteiger partial charge is 0.508 e. The van der Waals surface area contributed by atoms with Crippen molar-refractivity contribution < 1.29 is 24.5 Å². The molecule has 4 rings (SSSR count). The number of anilines is 1. The first-order valence-corrected chi connectivity index (χ1v) is 10.8. The van der Waals surface area contributed by atoms with Crippen LogP contribution in [0.5, 0.6) is 11.5 Å². The summed E-state index contributed by atoms with van der Waals surface area (Å²) in [6.07, 6.45) is 0. The van der Waals surface area contributed by atoms with E-state index in [1.54, 1.807) is 49.4 Å². The van der Waals surface area contributed by atoms with Crippen molar-refractivity contribution in [2.45, 2.75) is 19.9 Å². The summed E-state index contributed by atoms with van der Waals surface area (Å²) < 4.78 is 5.51. The topological polar surface area (TPSA) is 87.1 Å². The van der Waals surface area contributed by atoms with Crippen LogP contribution in [0.4, 0.5) is 5.69 Å². The monoisotopic (exact) mass is 463 g/mol. The summed E-state index contributed by atoms with van der Waals surface area (Å²) in [5.74, 6) is -1.49. The Balaban J connectivity index is 1.93. The van der Waals surface area contributed by atoms with Crippen LogP contribution in [0, 0.1) is 6.92 Å². The fourth-order valence-electron chi connectivity index (χ4n) is 3.92. The van der Waals surface area contributed by atoms with Crippen LogP contribution in [-0.4, -0.2) is 28.5 Å². The molecular weight excluding hydrogens is 442 g/mol. The maximum absolute atomic E-state index is 13.2. The summed E-state index contributed by atoms with van der Waals surface area (Å²) >= 11 is 6.17. The predicted molar refractivity (Wildman–Crippen MR) is 127 cm³/mol. The number of hydrogen-bond donors (Lipinski definition) is 2. The first-order valence-electron chi connectivity index (χ1n) is 10.4. The van der Waals surface area contributed by atoms with Crippen LogP contribution in [0.25, 0.3) is 5.76 Å². The first kappa shape index (κ1) is 22.4. The second-order valence-corrected chi connectivity index (χ2v) is 8.09. The highest BCUT2D eigenvalue weighted by molar-refractivity contribution is 6.51. The average Bonchev–Trinajstić information content (AvgIpc) is 3.06. The van der Waals surface area contributed by atoms with Gasteiger partial charge in [0.15, 0.2) is 0 Å². The van der Waals surface area contributed by atoms with Crippen LogP contribution in [0.15, 0.2) is 72.3 Å². The molecule has 6 nitrogen and oxygen atoms in total. The number of carbonyl (C=O) groups excluding carboxylic acids is 2. The number of halogens is 1. The van der Waals surface area contributed by atoms with E-state index in [4.69, 9.17) is 16.3 Å². The van der Waals surface area contributed by atoms with E-state index >= 15 is 0 Å². The number of aliphatic hydroxyl groups is 1. The van der Waals surface area contributed by atoms with Gasteiger partial charge in [-0.25, -0.2) is 0 Å². The van der Waals surface area contributed by atoms with E-state index in [2.05, 4.69) is 0 Å². The van der Waals surface area contributed by atoms with Crippen molar-refractivity contribution in [3.63, 3.8) is 0 Å². The molecule has 1 saturated heterocycles. The lowest BCUT2D eigenvalue weighted by atomic mass is 9.95. The molecule has 0 aliphatic carbocycles. The normalized spacial score (nSPS) is 17.4. The highest BCUT2D eigenvalue weighted by atomic mass is 35.5. The molecule has 0 saturated carbocycles. The van der Waals surface area contributed by atoms with Gasteiger partial charge in [-0.05, 0) is 67.4 Å². The van der Waals surface area contributed by atoms with Crippen molar-refractivity contribution >= 4 is 34.7 Å². The summed E-state index contributed by atoms with van der Waals surface area (Å²) in [5.41, 5.74) is 2.25. The number of phenols is 1. The second-order valence-electron chi connectivity index (χ2n) is 7.68. The standard InChI is InChI=1S/C26H22ClNO5/c1-3-33-21-14-17(9-12-20(21)27)24(30)22-23(16-7-10-19(29)11-8-16)28(26(32)25(22)31)18-6-4-5-15(2)13-18/h4-14,23,29-30H,3H2,1-2H3/b24-22-. The lowest BCUT2D eigenvalue weighted by Gasteiger charge is -2.25. The number of Topliss-reactive ketones (excluding diaryl/α,β-unsaturated/α-hetero) is 1. The van der Waals surface area contributed by atoms with E-state index in [0.717, 1.165) is 5.56 Å². The van der Waals surface area contributed by atoms with Crippen molar-refractivity contribution in [3.8, 4) is 11.5 Å². The summed E-state index contributed by atoms with van der Waals surface area (Å²) in [4.78, 5) is 27.7. The molecule has 0 bridgehead atoms. The van der Waals surface area contributed by atoms with Crippen LogP contribution in [0.2, 0.25) is 5.02 Å². The number of nitrogens with zero attached hydrogens (tertiary/aromatic N) is 1. The lowest BCUT2D eigenvalue weighted by molar-refractivity contribution is -0.132. The van der Waals surface area contributed by atoms with E-state index in [9.17, 15) is 19.8 Å². The van der Waals surface area contributed by atoms with Crippen molar-refractivity contribution in [2.24, 2.45) is 0 Å². The van der Waals surface area contributed by atoms with Gasteiger partial charge in [0.25, 0.3) is 11.7 Å². The third-order valence-corrected chi connectivity index (χ3v) is 5.75. The van der Waals surface area contributed by atoms with Crippen LogP contribution >= 0.6 is 11.6 Å². The second kappa shape index (κ2) is 9.00. The van der Waals surface area contributed by atoms with E-state index in [-0.39, 0.29) is 17.1 Å². The smallest absolute Gasteiger partial charge is 0.300 e. The van der Waals surface area contributed by atoms with Crippen molar-refractivity contribution in [1.29, 1.82) is 0 Å². The number of ketones is 1. The maximum Gasteiger partial charge on any atom is 0.300 e. The summed E-state index contributed by atoms with van der Waals surface area (Å²) in [7, 11) is 0. The van der Waals surface area contributed by atoms with Crippen LogP contribution in [0.1, 0.15) is 29.7 Å². The van der Waals surface area contributed by atoms with E-state index in [1.807, 2.05) is 13.0 Å². The highest BCUT2D eigenvalue weighted by Gasteiger charge is 2.47. The van der Waals surface area contributed by atoms with Crippen LogP contribution in [-0.2, 0) is 9.59 Å².